The molecular weight excluding hydrogens is 456 g/mol. The molecule has 5 aromatic carbocycles. The zero-order valence-electron chi connectivity index (χ0n) is 21.3. The van der Waals surface area contributed by atoms with Crippen LogP contribution in [0.5, 0.6) is 0 Å². The minimum absolute atomic E-state index is 1.17. The molecule has 182 valence electrons. The molecule has 0 amide bonds. The fourth-order valence-corrected chi connectivity index (χ4v) is 4.25. The summed E-state index contributed by atoms with van der Waals surface area (Å²) < 4.78 is 0. The summed E-state index contributed by atoms with van der Waals surface area (Å²) >= 11 is 0. The molecule has 0 aliphatic carbocycles. The maximum Gasteiger partial charge on any atom is -0.0177 e. The van der Waals surface area contributed by atoms with Gasteiger partial charge in [0.2, 0.25) is 0 Å². The molecule has 5 aromatic rings. The van der Waals surface area contributed by atoms with Crippen molar-refractivity contribution in [3.8, 4) is 0 Å². The molecule has 0 spiro atoms. The standard InChI is InChI=1S/C38H30/c1-5-13-31(14-6-1)21-25-35-29-37(27-23-33-17-9-3-10-18-33)38(28-24-34-19-11-4-12-20-34)30-36(35)26-22-32-15-7-2-8-16-32/h1-30H. The summed E-state index contributed by atoms with van der Waals surface area (Å²) in [6.45, 7) is 0. The van der Waals surface area contributed by atoms with E-state index >= 15 is 0 Å². The van der Waals surface area contributed by atoms with Crippen molar-refractivity contribution < 1.29 is 0 Å². The van der Waals surface area contributed by atoms with Gasteiger partial charge in [0.15, 0.2) is 0 Å². The van der Waals surface area contributed by atoms with Crippen molar-refractivity contribution in [1.29, 1.82) is 0 Å². The van der Waals surface area contributed by atoms with Crippen molar-refractivity contribution in [2.75, 3.05) is 0 Å². The zero-order chi connectivity index (χ0) is 25.8. The molecular formula is C38H30. The van der Waals surface area contributed by atoms with Gasteiger partial charge in [-0.05, 0) is 56.6 Å². The van der Waals surface area contributed by atoms with E-state index in [1.165, 1.54) is 44.5 Å². The molecule has 5 rings (SSSR count). The predicted molar refractivity (Wildman–Crippen MR) is 168 cm³/mol. The summed E-state index contributed by atoms with van der Waals surface area (Å²) in [5.74, 6) is 0. The van der Waals surface area contributed by atoms with Gasteiger partial charge in [-0.1, -0.05) is 170 Å². The van der Waals surface area contributed by atoms with Gasteiger partial charge in [0, 0.05) is 0 Å². The summed E-state index contributed by atoms with van der Waals surface area (Å²) in [6, 6.07) is 46.4. The Balaban J connectivity index is 1.60. The third kappa shape index (κ3) is 7.06. The van der Waals surface area contributed by atoms with E-state index in [4.69, 9.17) is 0 Å². The van der Waals surface area contributed by atoms with Gasteiger partial charge in [-0.15, -0.1) is 0 Å². The van der Waals surface area contributed by atoms with E-state index in [1.807, 2.05) is 24.3 Å². The van der Waals surface area contributed by atoms with E-state index in [-0.39, 0.29) is 0 Å². The molecule has 0 fully saturated rings. The van der Waals surface area contributed by atoms with Crippen LogP contribution in [0.2, 0.25) is 0 Å². The van der Waals surface area contributed by atoms with Crippen molar-refractivity contribution in [2.45, 2.75) is 0 Å². The normalized spacial score (nSPS) is 11.8. The van der Waals surface area contributed by atoms with Crippen LogP contribution in [-0.4, -0.2) is 0 Å². The molecule has 0 nitrogen and oxygen atoms in total. The Morgan fingerprint density at radius 1 is 0.237 bits per heavy atom. The number of hydrogen-bond donors (Lipinski definition) is 0. The van der Waals surface area contributed by atoms with Gasteiger partial charge in [-0.3, -0.25) is 0 Å². The first kappa shape index (κ1) is 24.7. The molecule has 0 saturated carbocycles. The first-order valence-electron chi connectivity index (χ1n) is 12.9. The third-order valence-electron chi connectivity index (χ3n) is 6.31. The third-order valence-corrected chi connectivity index (χ3v) is 6.31. The Kier molecular flexibility index (Phi) is 8.37. The number of rotatable bonds is 8. The molecule has 0 atom stereocenters. The zero-order valence-corrected chi connectivity index (χ0v) is 21.3. The lowest BCUT2D eigenvalue weighted by Gasteiger charge is -2.10. The SMILES string of the molecule is C(=Cc1cc(C=Cc2ccccc2)c(C=Cc2ccccc2)cc1C=Cc1ccccc1)c1ccccc1. The molecule has 0 aliphatic heterocycles. The lowest BCUT2D eigenvalue weighted by atomic mass is 9.95. The Bertz CT molecular complexity index is 1310. The van der Waals surface area contributed by atoms with Gasteiger partial charge in [0.1, 0.15) is 0 Å². The Morgan fingerprint density at radius 3 is 0.658 bits per heavy atom. The monoisotopic (exact) mass is 486 g/mol. The number of hydrogen-bond acceptors (Lipinski definition) is 0. The maximum atomic E-state index is 2.29. The van der Waals surface area contributed by atoms with E-state index in [2.05, 4.69) is 158 Å². The van der Waals surface area contributed by atoms with E-state index in [9.17, 15) is 0 Å². The van der Waals surface area contributed by atoms with Gasteiger partial charge in [-0.2, -0.15) is 0 Å². The molecule has 0 radical (unpaired) electrons. The van der Waals surface area contributed by atoms with Gasteiger partial charge in [0.25, 0.3) is 0 Å². The Hall–Kier alpha value is -4.94. The second-order valence-corrected chi connectivity index (χ2v) is 9.09. The van der Waals surface area contributed by atoms with Crippen LogP contribution in [0.15, 0.2) is 133 Å². The van der Waals surface area contributed by atoms with Crippen LogP contribution in [0.3, 0.4) is 0 Å². The lowest BCUT2D eigenvalue weighted by molar-refractivity contribution is 1.55. The minimum atomic E-state index is 1.17. The van der Waals surface area contributed by atoms with Gasteiger partial charge in [-0.25, -0.2) is 0 Å². The summed E-state index contributed by atoms with van der Waals surface area (Å²) in [4.78, 5) is 0. The van der Waals surface area contributed by atoms with Crippen LogP contribution in [0.4, 0.5) is 0 Å². The molecule has 0 aromatic heterocycles. The summed E-state index contributed by atoms with van der Waals surface area (Å²) in [5, 5.41) is 0. The summed E-state index contributed by atoms with van der Waals surface area (Å²) in [6.07, 6.45) is 17.6. The molecule has 0 N–H and O–H groups in total. The molecule has 0 unspecified atom stereocenters. The summed E-state index contributed by atoms with van der Waals surface area (Å²) in [7, 11) is 0. The highest BCUT2D eigenvalue weighted by Gasteiger charge is 2.05. The van der Waals surface area contributed by atoms with Crippen LogP contribution < -0.4 is 0 Å². The van der Waals surface area contributed by atoms with Gasteiger partial charge >= 0.3 is 0 Å². The first-order chi connectivity index (χ1) is 18.8. The molecule has 0 saturated heterocycles. The van der Waals surface area contributed by atoms with E-state index in [0.717, 1.165) is 0 Å². The minimum Gasteiger partial charge on any atom is -0.0622 e. The average molecular weight is 487 g/mol. The van der Waals surface area contributed by atoms with E-state index < -0.39 is 0 Å². The molecule has 0 heteroatoms. The fraction of sp³-hybridized carbons (Fsp3) is 0. The first-order valence-corrected chi connectivity index (χ1v) is 12.9. The van der Waals surface area contributed by atoms with Crippen molar-refractivity contribution in [2.24, 2.45) is 0 Å². The van der Waals surface area contributed by atoms with Crippen LogP contribution in [0.1, 0.15) is 44.5 Å². The van der Waals surface area contributed by atoms with Crippen LogP contribution in [-0.2, 0) is 0 Å². The smallest absolute Gasteiger partial charge is 0.0177 e. The van der Waals surface area contributed by atoms with Crippen molar-refractivity contribution in [1.82, 2.24) is 0 Å². The summed E-state index contributed by atoms with van der Waals surface area (Å²) in [5.41, 5.74) is 9.41. The van der Waals surface area contributed by atoms with Crippen LogP contribution in [0, 0.1) is 0 Å². The highest BCUT2D eigenvalue weighted by molar-refractivity contribution is 5.86. The molecule has 0 heterocycles. The van der Waals surface area contributed by atoms with Crippen LogP contribution in [0.25, 0.3) is 48.6 Å². The molecule has 0 bridgehead atoms. The second-order valence-electron chi connectivity index (χ2n) is 9.09. The highest BCUT2D eigenvalue weighted by Crippen LogP contribution is 2.26. The maximum absolute atomic E-state index is 2.29. The highest BCUT2D eigenvalue weighted by atomic mass is 14.1. The largest absolute Gasteiger partial charge is 0.0622 e. The lowest BCUT2D eigenvalue weighted by Crippen LogP contribution is -1.89. The Morgan fingerprint density at radius 2 is 0.447 bits per heavy atom. The quantitative estimate of drug-likeness (QED) is 0.191. The van der Waals surface area contributed by atoms with Crippen molar-refractivity contribution in [3.05, 3.63) is 178 Å². The fourth-order valence-electron chi connectivity index (χ4n) is 4.25. The van der Waals surface area contributed by atoms with Crippen LogP contribution >= 0.6 is 0 Å². The Labute approximate surface area is 226 Å². The van der Waals surface area contributed by atoms with Gasteiger partial charge < -0.3 is 0 Å². The van der Waals surface area contributed by atoms with E-state index in [0.29, 0.717) is 0 Å². The number of benzene rings is 5. The van der Waals surface area contributed by atoms with Gasteiger partial charge in [0.05, 0.1) is 0 Å². The molecule has 0 aliphatic rings. The van der Waals surface area contributed by atoms with Crippen molar-refractivity contribution >= 4 is 48.6 Å². The van der Waals surface area contributed by atoms with Crippen molar-refractivity contribution in [3.63, 3.8) is 0 Å². The second kappa shape index (κ2) is 12.9. The molecule has 38 heavy (non-hydrogen) atoms. The topological polar surface area (TPSA) is 0 Å². The average Bonchev–Trinajstić information content (AvgIpc) is 2.99. The predicted octanol–water partition coefficient (Wildman–Crippen LogP) is 10.4. The van der Waals surface area contributed by atoms with E-state index in [1.54, 1.807) is 0 Å².